The van der Waals surface area contributed by atoms with Crippen LogP contribution >= 0.6 is 11.8 Å². The van der Waals surface area contributed by atoms with E-state index in [4.69, 9.17) is 4.98 Å². The number of nitrogens with zero attached hydrogens (tertiary/aromatic N) is 2. The van der Waals surface area contributed by atoms with Crippen LogP contribution in [0.4, 0.5) is 0 Å². The number of benzene rings is 2. The number of para-hydroxylation sites is 1. The van der Waals surface area contributed by atoms with E-state index in [1.807, 2.05) is 56.3 Å². The first-order chi connectivity index (χ1) is 13.9. The summed E-state index contributed by atoms with van der Waals surface area (Å²) in [5, 5.41) is 1.23. The van der Waals surface area contributed by atoms with Crippen molar-refractivity contribution in [2.75, 3.05) is 26.4 Å². The molecule has 0 aliphatic rings. The summed E-state index contributed by atoms with van der Waals surface area (Å²) in [4.78, 5) is 31.9. The highest BCUT2D eigenvalue weighted by Gasteiger charge is 2.15. The fourth-order valence-corrected chi connectivity index (χ4v) is 4.29. The fraction of sp³-hybridized carbons (Fsp3) is 0.348. The van der Waals surface area contributed by atoms with Gasteiger partial charge in [0.25, 0.3) is 5.56 Å². The van der Waals surface area contributed by atoms with E-state index in [1.54, 1.807) is 4.57 Å². The van der Waals surface area contributed by atoms with Gasteiger partial charge in [0.05, 0.1) is 37.3 Å². The minimum absolute atomic E-state index is 0.0363. The number of aryl methyl sites for hydroxylation is 2. The summed E-state index contributed by atoms with van der Waals surface area (Å²) in [7, 11) is 4.19. The number of hydrogen-bond donors (Lipinski definition) is 1. The van der Waals surface area contributed by atoms with Gasteiger partial charge >= 0.3 is 0 Å². The van der Waals surface area contributed by atoms with Crippen LogP contribution in [0.5, 0.6) is 0 Å². The molecule has 2 aromatic carbocycles. The van der Waals surface area contributed by atoms with Gasteiger partial charge < -0.3 is 4.90 Å². The van der Waals surface area contributed by atoms with Crippen LogP contribution in [-0.4, -0.2) is 41.7 Å². The van der Waals surface area contributed by atoms with Gasteiger partial charge in [-0.15, -0.1) is 0 Å². The van der Waals surface area contributed by atoms with Crippen molar-refractivity contribution in [2.45, 2.75) is 32.0 Å². The number of quaternary nitrogens is 1. The van der Waals surface area contributed by atoms with Gasteiger partial charge in [-0.05, 0) is 31.5 Å². The van der Waals surface area contributed by atoms with Gasteiger partial charge in [-0.1, -0.05) is 47.7 Å². The van der Waals surface area contributed by atoms with Gasteiger partial charge in [0.2, 0.25) is 0 Å². The van der Waals surface area contributed by atoms with E-state index in [2.05, 4.69) is 14.1 Å². The summed E-state index contributed by atoms with van der Waals surface area (Å²) in [6.07, 6.45) is 0.876. The van der Waals surface area contributed by atoms with Crippen LogP contribution in [0.15, 0.2) is 52.4 Å². The van der Waals surface area contributed by atoms with E-state index in [1.165, 1.54) is 16.7 Å². The maximum absolute atomic E-state index is 13.0. The van der Waals surface area contributed by atoms with E-state index in [0.29, 0.717) is 22.6 Å². The highest BCUT2D eigenvalue weighted by atomic mass is 32.2. The van der Waals surface area contributed by atoms with Crippen LogP contribution < -0.4 is 10.5 Å². The van der Waals surface area contributed by atoms with Gasteiger partial charge in [-0.25, -0.2) is 4.98 Å². The summed E-state index contributed by atoms with van der Waals surface area (Å²) in [6, 6.07) is 13.3. The summed E-state index contributed by atoms with van der Waals surface area (Å²) in [5.41, 5.74) is 3.49. The van der Waals surface area contributed by atoms with Gasteiger partial charge in [-0.2, -0.15) is 0 Å². The molecule has 0 spiro atoms. The minimum Gasteiger partial charge on any atom is -0.340 e. The highest BCUT2D eigenvalue weighted by molar-refractivity contribution is 7.99. The first-order valence-electron chi connectivity index (χ1n) is 9.88. The number of ketones is 1. The van der Waals surface area contributed by atoms with Crippen molar-refractivity contribution in [3.05, 3.63) is 69.5 Å². The molecule has 0 atom stereocenters. The molecule has 29 heavy (non-hydrogen) atoms. The topological polar surface area (TPSA) is 56.4 Å². The van der Waals surface area contributed by atoms with Crippen molar-refractivity contribution >= 4 is 28.4 Å². The second kappa shape index (κ2) is 9.37. The number of fused-ring (bicyclic) bond motifs is 1. The Morgan fingerprint density at radius 1 is 1.14 bits per heavy atom. The zero-order valence-electron chi connectivity index (χ0n) is 17.5. The molecule has 1 heterocycles. The van der Waals surface area contributed by atoms with Gasteiger partial charge in [0.15, 0.2) is 10.9 Å². The molecule has 0 saturated carbocycles. The lowest BCUT2D eigenvalue weighted by Crippen LogP contribution is -3.05. The number of thioether (sulfide) groups is 1. The average Bonchev–Trinajstić information content (AvgIpc) is 2.68. The van der Waals surface area contributed by atoms with Gasteiger partial charge in [0, 0.05) is 18.5 Å². The predicted molar refractivity (Wildman–Crippen MR) is 119 cm³/mol. The van der Waals surface area contributed by atoms with Crippen LogP contribution in [0, 0.1) is 13.8 Å². The molecular formula is C23H28N3O2S+. The van der Waals surface area contributed by atoms with Gasteiger partial charge in [0.1, 0.15) is 0 Å². The Morgan fingerprint density at radius 3 is 2.62 bits per heavy atom. The maximum atomic E-state index is 13.0. The van der Waals surface area contributed by atoms with E-state index in [0.717, 1.165) is 29.7 Å². The minimum atomic E-state index is -0.0363. The van der Waals surface area contributed by atoms with Crippen molar-refractivity contribution in [3.8, 4) is 0 Å². The Labute approximate surface area is 175 Å². The molecule has 0 fully saturated rings. The van der Waals surface area contributed by atoms with Crippen molar-refractivity contribution in [1.82, 2.24) is 9.55 Å². The second-order valence-electron chi connectivity index (χ2n) is 7.71. The molecule has 152 valence electrons. The predicted octanol–water partition coefficient (Wildman–Crippen LogP) is 2.52. The number of hydrogen-bond acceptors (Lipinski definition) is 4. The summed E-state index contributed by atoms with van der Waals surface area (Å²) >= 11 is 1.35. The first kappa shape index (κ1) is 21.3. The molecule has 3 rings (SSSR count). The molecule has 1 N–H and O–H groups in total. The summed E-state index contributed by atoms with van der Waals surface area (Å²) in [6.45, 7) is 5.54. The van der Waals surface area contributed by atoms with Gasteiger partial charge in [-0.3, -0.25) is 14.2 Å². The molecule has 0 saturated heterocycles. The molecule has 3 aromatic rings. The third-order valence-electron chi connectivity index (χ3n) is 4.90. The normalized spacial score (nSPS) is 11.3. The Morgan fingerprint density at radius 2 is 1.90 bits per heavy atom. The Hall–Kier alpha value is -2.44. The smallest absolute Gasteiger partial charge is 0.262 e. The van der Waals surface area contributed by atoms with Crippen molar-refractivity contribution in [3.63, 3.8) is 0 Å². The fourth-order valence-electron chi connectivity index (χ4n) is 3.38. The molecule has 1 aromatic heterocycles. The standard InChI is InChI=1S/C23H27N3O2S/c1-16-10-11-18(17(2)14-16)21(27)15-29-23-24-20-9-6-5-8-19(20)22(28)26(23)13-7-12-25(3)4/h5-6,8-11,14H,7,12-13,15H2,1-4H3/p+1. The summed E-state index contributed by atoms with van der Waals surface area (Å²) < 4.78 is 1.73. The van der Waals surface area contributed by atoms with Crippen LogP contribution in [-0.2, 0) is 6.54 Å². The molecule has 0 bridgehead atoms. The van der Waals surface area contributed by atoms with E-state index < -0.39 is 0 Å². The Bertz CT molecular complexity index is 1090. The molecule has 0 unspecified atom stereocenters. The number of nitrogens with one attached hydrogen (secondary N) is 1. The number of rotatable bonds is 8. The molecule has 6 heteroatoms. The van der Waals surface area contributed by atoms with Crippen LogP contribution in [0.1, 0.15) is 27.9 Å². The average molecular weight is 411 g/mol. The highest BCUT2D eigenvalue weighted by Crippen LogP contribution is 2.21. The van der Waals surface area contributed by atoms with E-state index in [9.17, 15) is 9.59 Å². The van der Waals surface area contributed by atoms with Crippen molar-refractivity contribution < 1.29 is 9.69 Å². The first-order valence-corrected chi connectivity index (χ1v) is 10.9. The number of carbonyl (C=O) groups excluding carboxylic acids is 1. The van der Waals surface area contributed by atoms with Crippen LogP contribution in [0.2, 0.25) is 0 Å². The molecular weight excluding hydrogens is 382 g/mol. The molecule has 0 amide bonds. The number of aromatic nitrogens is 2. The second-order valence-corrected chi connectivity index (χ2v) is 8.65. The zero-order chi connectivity index (χ0) is 21.0. The number of carbonyl (C=O) groups is 1. The Kier molecular flexibility index (Phi) is 6.87. The molecule has 5 nitrogen and oxygen atoms in total. The summed E-state index contributed by atoms with van der Waals surface area (Å²) in [5.74, 6) is 0.312. The largest absolute Gasteiger partial charge is 0.340 e. The Balaban J connectivity index is 1.88. The monoisotopic (exact) mass is 410 g/mol. The quantitative estimate of drug-likeness (QED) is 0.352. The van der Waals surface area contributed by atoms with E-state index >= 15 is 0 Å². The zero-order valence-corrected chi connectivity index (χ0v) is 18.3. The molecule has 0 aliphatic heterocycles. The molecule has 0 radical (unpaired) electrons. The lowest BCUT2D eigenvalue weighted by molar-refractivity contribution is -0.858. The van der Waals surface area contributed by atoms with Crippen molar-refractivity contribution in [2.24, 2.45) is 0 Å². The third-order valence-corrected chi connectivity index (χ3v) is 5.88. The lowest BCUT2D eigenvalue weighted by atomic mass is 10.0. The SMILES string of the molecule is Cc1ccc(C(=O)CSc2nc3ccccc3c(=O)n2CCC[NH+](C)C)c(C)c1. The number of Topliss-reactive ketones (excluding diaryl/α,β-unsaturated/α-hetero) is 1. The third kappa shape index (κ3) is 5.14. The van der Waals surface area contributed by atoms with E-state index in [-0.39, 0.29) is 17.1 Å². The van der Waals surface area contributed by atoms with Crippen molar-refractivity contribution in [1.29, 1.82) is 0 Å². The molecule has 0 aliphatic carbocycles. The maximum Gasteiger partial charge on any atom is 0.262 e. The van der Waals surface area contributed by atoms with Crippen LogP contribution in [0.3, 0.4) is 0 Å². The van der Waals surface area contributed by atoms with Crippen LogP contribution in [0.25, 0.3) is 10.9 Å². The lowest BCUT2D eigenvalue weighted by Gasteiger charge is -2.14.